The molecule has 0 saturated carbocycles. The fraction of sp³-hybridized carbons (Fsp3) is 0.238. The lowest BCUT2D eigenvalue weighted by Gasteiger charge is -2.14. The monoisotopic (exact) mass is 468 g/mol. The number of nitrogens with one attached hydrogen (secondary N) is 1. The lowest BCUT2D eigenvalue weighted by molar-refractivity contribution is -0.386. The van der Waals surface area contributed by atoms with E-state index >= 15 is 0 Å². The fourth-order valence-electron chi connectivity index (χ4n) is 2.70. The molecular formula is C21H19F3N2O7. The summed E-state index contributed by atoms with van der Waals surface area (Å²) in [5.74, 6) is -1.65. The maximum absolute atomic E-state index is 12.9. The smallest absolute Gasteiger partial charge is 0.416 e. The molecule has 0 bridgehead atoms. The fourth-order valence-corrected chi connectivity index (χ4v) is 2.70. The molecular weight excluding hydrogens is 449 g/mol. The zero-order chi connectivity index (χ0) is 24.8. The van der Waals surface area contributed by atoms with Crippen molar-refractivity contribution in [3.63, 3.8) is 0 Å². The number of amides is 1. The predicted octanol–water partition coefficient (Wildman–Crippen LogP) is 4.15. The molecule has 0 spiro atoms. The molecule has 9 nitrogen and oxygen atoms in total. The van der Waals surface area contributed by atoms with Gasteiger partial charge in [0.2, 0.25) is 5.91 Å². The van der Waals surface area contributed by atoms with E-state index in [1.54, 1.807) is 6.92 Å². The number of carbonyl (C=O) groups excluding carboxylic acids is 1. The van der Waals surface area contributed by atoms with E-state index in [9.17, 15) is 38.0 Å². The van der Waals surface area contributed by atoms with Crippen molar-refractivity contribution >= 4 is 23.6 Å². The van der Waals surface area contributed by atoms with Gasteiger partial charge in [0, 0.05) is 13.0 Å². The topological polar surface area (TPSA) is 128 Å². The number of carboxylic acids is 1. The summed E-state index contributed by atoms with van der Waals surface area (Å²) in [6, 6.07) is 6.39. The van der Waals surface area contributed by atoms with Crippen LogP contribution in [0, 0.1) is 10.1 Å². The Morgan fingerprint density at radius 3 is 2.39 bits per heavy atom. The number of halogens is 3. The summed E-state index contributed by atoms with van der Waals surface area (Å²) < 4.78 is 49.6. The molecule has 2 N–H and O–H groups in total. The van der Waals surface area contributed by atoms with Gasteiger partial charge in [-0.3, -0.25) is 14.9 Å². The van der Waals surface area contributed by atoms with Crippen LogP contribution in [-0.2, 0) is 22.4 Å². The van der Waals surface area contributed by atoms with E-state index in [1.165, 1.54) is 24.3 Å². The van der Waals surface area contributed by atoms with Crippen LogP contribution < -0.4 is 14.8 Å². The average molecular weight is 468 g/mol. The zero-order valence-corrected chi connectivity index (χ0v) is 17.4. The van der Waals surface area contributed by atoms with Crippen molar-refractivity contribution in [1.82, 2.24) is 5.32 Å². The highest BCUT2D eigenvalue weighted by molar-refractivity contribution is 5.96. The van der Waals surface area contributed by atoms with Crippen LogP contribution in [0.5, 0.6) is 11.5 Å². The molecule has 0 atom stereocenters. The standard InChI is InChI=1S/C21H19F3N2O7/c1-3-32-19-9-13(8-16(20(28)29)25-12(2)27)4-7-18(19)33-11-14-5-6-15(21(22,23)24)10-17(14)26(30)31/h4-10H,3,11H2,1-2H3,(H,25,27)(H,28,29). The summed E-state index contributed by atoms with van der Waals surface area (Å²) in [4.78, 5) is 32.8. The number of aliphatic carboxylic acids is 1. The SMILES string of the molecule is CCOc1cc(C=C(NC(C)=O)C(=O)O)ccc1OCc1ccc(C(F)(F)F)cc1[N+](=O)[O-]. The average Bonchev–Trinajstić information content (AvgIpc) is 2.71. The molecule has 0 heterocycles. The van der Waals surface area contributed by atoms with Crippen molar-refractivity contribution in [3.05, 3.63) is 68.9 Å². The number of rotatable bonds is 9. The number of alkyl halides is 3. The van der Waals surface area contributed by atoms with E-state index in [-0.39, 0.29) is 29.4 Å². The number of ether oxygens (including phenoxy) is 2. The number of nitrogens with zero attached hydrogens (tertiary/aromatic N) is 1. The van der Waals surface area contributed by atoms with Crippen molar-refractivity contribution in [2.24, 2.45) is 0 Å². The number of benzene rings is 2. The summed E-state index contributed by atoms with van der Waals surface area (Å²) in [6.07, 6.45) is -3.54. The Morgan fingerprint density at radius 1 is 1.15 bits per heavy atom. The third-order valence-corrected chi connectivity index (χ3v) is 4.11. The Morgan fingerprint density at radius 2 is 1.85 bits per heavy atom. The van der Waals surface area contributed by atoms with Gasteiger partial charge in [-0.1, -0.05) is 6.07 Å². The molecule has 12 heteroatoms. The third-order valence-electron chi connectivity index (χ3n) is 4.11. The minimum atomic E-state index is -4.73. The number of nitro groups is 1. The van der Waals surface area contributed by atoms with Gasteiger partial charge in [-0.25, -0.2) is 4.79 Å². The number of hydrogen-bond acceptors (Lipinski definition) is 6. The van der Waals surface area contributed by atoms with E-state index in [0.717, 1.165) is 19.1 Å². The Labute approximate surface area is 185 Å². The molecule has 2 rings (SSSR count). The second-order valence-electron chi connectivity index (χ2n) is 6.57. The van der Waals surface area contributed by atoms with Crippen LogP contribution >= 0.6 is 0 Å². The number of carbonyl (C=O) groups is 2. The van der Waals surface area contributed by atoms with Crippen LogP contribution in [0.1, 0.15) is 30.5 Å². The number of carboxylic acid groups (broad SMARTS) is 1. The Balaban J connectivity index is 2.34. The predicted molar refractivity (Wildman–Crippen MR) is 109 cm³/mol. The zero-order valence-electron chi connectivity index (χ0n) is 17.4. The molecule has 0 aliphatic heterocycles. The molecule has 2 aromatic carbocycles. The van der Waals surface area contributed by atoms with Gasteiger partial charge in [0.15, 0.2) is 11.5 Å². The molecule has 0 aliphatic carbocycles. The molecule has 176 valence electrons. The molecule has 0 aromatic heterocycles. The van der Waals surface area contributed by atoms with Crippen molar-refractivity contribution in [2.45, 2.75) is 26.6 Å². The van der Waals surface area contributed by atoms with E-state index in [2.05, 4.69) is 5.32 Å². The molecule has 0 unspecified atom stereocenters. The highest BCUT2D eigenvalue weighted by atomic mass is 19.4. The van der Waals surface area contributed by atoms with Gasteiger partial charge in [0.1, 0.15) is 12.3 Å². The first-order valence-electron chi connectivity index (χ1n) is 9.39. The van der Waals surface area contributed by atoms with Crippen molar-refractivity contribution in [2.75, 3.05) is 6.61 Å². The van der Waals surface area contributed by atoms with Crippen LogP contribution in [0.15, 0.2) is 42.1 Å². The summed E-state index contributed by atoms with van der Waals surface area (Å²) in [6.45, 7) is 2.60. The molecule has 1 amide bonds. The summed E-state index contributed by atoms with van der Waals surface area (Å²) >= 11 is 0. The molecule has 0 radical (unpaired) electrons. The van der Waals surface area contributed by atoms with E-state index < -0.39 is 40.8 Å². The first kappa shape index (κ1) is 25.2. The van der Waals surface area contributed by atoms with Crippen molar-refractivity contribution in [3.8, 4) is 11.5 Å². The minimum Gasteiger partial charge on any atom is -0.490 e. The van der Waals surface area contributed by atoms with Crippen LogP contribution in [0.3, 0.4) is 0 Å². The van der Waals surface area contributed by atoms with Gasteiger partial charge < -0.3 is 19.9 Å². The minimum absolute atomic E-state index is 0.0850. The third kappa shape index (κ3) is 6.95. The van der Waals surface area contributed by atoms with Gasteiger partial charge in [0.25, 0.3) is 5.69 Å². The molecule has 2 aromatic rings. The second kappa shape index (κ2) is 10.5. The lowest BCUT2D eigenvalue weighted by atomic mass is 10.1. The second-order valence-corrected chi connectivity index (χ2v) is 6.57. The van der Waals surface area contributed by atoms with Gasteiger partial charge in [-0.05, 0) is 42.8 Å². The van der Waals surface area contributed by atoms with Crippen LogP contribution in [-0.4, -0.2) is 28.5 Å². The summed E-state index contributed by atoms with van der Waals surface area (Å²) in [5, 5.41) is 22.6. The Bertz CT molecular complexity index is 1100. The quantitative estimate of drug-likeness (QED) is 0.321. The van der Waals surface area contributed by atoms with Crippen molar-refractivity contribution < 1.29 is 42.3 Å². The summed E-state index contributed by atoms with van der Waals surface area (Å²) in [7, 11) is 0. The lowest BCUT2D eigenvalue weighted by Crippen LogP contribution is -2.24. The van der Waals surface area contributed by atoms with Crippen LogP contribution in [0.4, 0.5) is 18.9 Å². The maximum atomic E-state index is 12.9. The highest BCUT2D eigenvalue weighted by Gasteiger charge is 2.33. The van der Waals surface area contributed by atoms with Crippen LogP contribution in [0.25, 0.3) is 6.08 Å². The summed E-state index contributed by atoms with van der Waals surface area (Å²) in [5.41, 5.74) is -2.02. The first-order valence-corrected chi connectivity index (χ1v) is 9.39. The van der Waals surface area contributed by atoms with E-state index in [0.29, 0.717) is 11.6 Å². The number of hydrogen-bond donors (Lipinski definition) is 2. The van der Waals surface area contributed by atoms with Crippen molar-refractivity contribution in [1.29, 1.82) is 0 Å². The van der Waals surface area contributed by atoms with Gasteiger partial charge >= 0.3 is 12.1 Å². The van der Waals surface area contributed by atoms with Crippen LogP contribution in [0.2, 0.25) is 0 Å². The molecule has 0 aliphatic rings. The highest BCUT2D eigenvalue weighted by Crippen LogP contribution is 2.34. The molecule has 33 heavy (non-hydrogen) atoms. The van der Waals surface area contributed by atoms with Gasteiger partial charge in [-0.2, -0.15) is 13.2 Å². The molecule has 0 saturated heterocycles. The maximum Gasteiger partial charge on any atom is 0.416 e. The van der Waals surface area contributed by atoms with Gasteiger partial charge in [-0.15, -0.1) is 0 Å². The molecule has 0 fully saturated rings. The van der Waals surface area contributed by atoms with E-state index in [1.807, 2.05) is 0 Å². The Kier molecular flexibility index (Phi) is 8.00. The normalized spacial score (nSPS) is 11.6. The first-order chi connectivity index (χ1) is 15.4. The van der Waals surface area contributed by atoms with E-state index in [4.69, 9.17) is 9.47 Å². The Hall–Kier alpha value is -4.09. The van der Waals surface area contributed by atoms with Gasteiger partial charge in [0.05, 0.1) is 22.7 Å². The number of nitro benzene ring substituents is 1. The largest absolute Gasteiger partial charge is 0.490 e.